The number of fused-ring (bicyclic) bond motifs is 1. The van der Waals surface area contributed by atoms with E-state index in [-0.39, 0.29) is 5.50 Å². The molecule has 4 rings (SSSR count). The number of rotatable bonds is 3. The van der Waals surface area contributed by atoms with E-state index >= 15 is 0 Å². The molecular weight excluding hydrogens is 314 g/mol. The van der Waals surface area contributed by atoms with Crippen molar-refractivity contribution in [2.75, 3.05) is 5.32 Å². The summed E-state index contributed by atoms with van der Waals surface area (Å²) in [6.45, 7) is 4.21. The van der Waals surface area contributed by atoms with Gasteiger partial charge >= 0.3 is 0 Å². The van der Waals surface area contributed by atoms with Crippen LogP contribution in [-0.2, 0) is 0 Å². The van der Waals surface area contributed by atoms with E-state index in [4.69, 9.17) is 0 Å². The highest BCUT2D eigenvalue weighted by Crippen LogP contribution is 2.32. The maximum atomic E-state index is 4.57. The Kier molecular flexibility index (Phi) is 3.90. The summed E-state index contributed by atoms with van der Waals surface area (Å²) in [5.41, 5.74) is 6.00. The molecule has 0 bridgehead atoms. The molecule has 1 aliphatic heterocycles. The number of allylic oxidation sites excluding steroid dienone is 1. The second kappa shape index (κ2) is 6.21. The van der Waals surface area contributed by atoms with Crippen LogP contribution >= 0.6 is 11.8 Å². The standard InChI is InChI=1S/C20H19N3S/c1-13-7-9-15(10-8-13)23-20-21-12-16(24-20)11-18-14(2)22-19-6-4-3-5-17(18)19/h3-12,20,22-23H,1-2H3/b16-11-. The van der Waals surface area contributed by atoms with Gasteiger partial charge in [-0.3, -0.25) is 4.99 Å². The molecule has 1 aliphatic rings. The van der Waals surface area contributed by atoms with Gasteiger partial charge in [-0.2, -0.15) is 0 Å². The number of aromatic nitrogens is 1. The maximum absolute atomic E-state index is 4.57. The zero-order valence-electron chi connectivity index (χ0n) is 13.7. The molecular formula is C20H19N3S. The van der Waals surface area contributed by atoms with Crippen LogP contribution in [0.2, 0.25) is 0 Å². The lowest BCUT2D eigenvalue weighted by Crippen LogP contribution is -2.09. The molecule has 0 aliphatic carbocycles. The topological polar surface area (TPSA) is 40.2 Å². The highest BCUT2D eigenvalue weighted by atomic mass is 32.2. The Morgan fingerprint density at radius 1 is 1.08 bits per heavy atom. The van der Waals surface area contributed by atoms with Gasteiger partial charge in [-0.25, -0.2) is 0 Å². The third-order valence-electron chi connectivity index (χ3n) is 4.16. The average molecular weight is 333 g/mol. The minimum Gasteiger partial charge on any atom is -0.358 e. The molecule has 0 spiro atoms. The minimum atomic E-state index is 0.0319. The normalized spacial score (nSPS) is 18.6. The molecule has 2 aromatic carbocycles. The quantitative estimate of drug-likeness (QED) is 0.679. The largest absolute Gasteiger partial charge is 0.358 e. The number of nitrogens with zero attached hydrogens (tertiary/aromatic N) is 1. The predicted octanol–water partition coefficient (Wildman–Crippen LogP) is 5.34. The molecule has 120 valence electrons. The van der Waals surface area contributed by atoms with Gasteiger partial charge in [0.05, 0.1) is 0 Å². The molecule has 2 heterocycles. The summed E-state index contributed by atoms with van der Waals surface area (Å²) in [6.07, 6.45) is 4.18. The molecule has 0 saturated carbocycles. The van der Waals surface area contributed by atoms with Crippen molar-refractivity contribution in [3.05, 3.63) is 70.3 Å². The van der Waals surface area contributed by atoms with Crippen molar-refractivity contribution in [3.63, 3.8) is 0 Å². The van der Waals surface area contributed by atoms with Gasteiger partial charge in [0, 0.05) is 39.0 Å². The molecule has 4 heteroatoms. The fourth-order valence-corrected chi connectivity index (χ4v) is 3.77. The Morgan fingerprint density at radius 2 is 1.88 bits per heavy atom. The lowest BCUT2D eigenvalue weighted by atomic mass is 10.1. The number of hydrogen-bond acceptors (Lipinski definition) is 3. The SMILES string of the molecule is Cc1ccc(NC2N=C/C(=C/c3c(C)[nH]c4ccccc34)S2)cc1. The van der Waals surface area contributed by atoms with Crippen LogP contribution in [-0.4, -0.2) is 16.7 Å². The molecule has 3 aromatic rings. The first-order chi connectivity index (χ1) is 11.7. The van der Waals surface area contributed by atoms with Gasteiger partial charge in [-0.1, -0.05) is 47.7 Å². The van der Waals surface area contributed by atoms with E-state index in [2.05, 4.69) is 83.7 Å². The number of thioether (sulfide) groups is 1. The van der Waals surface area contributed by atoms with Crippen molar-refractivity contribution in [2.45, 2.75) is 19.3 Å². The molecule has 0 amide bonds. The van der Waals surface area contributed by atoms with Crippen LogP contribution in [0.15, 0.2) is 58.4 Å². The van der Waals surface area contributed by atoms with Crippen LogP contribution in [0.25, 0.3) is 17.0 Å². The van der Waals surface area contributed by atoms with Gasteiger partial charge < -0.3 is 10.3 Å². The van der Waals surface area contributed by atoms with Crippen LogP contribution in [0.5, 0.6) is 0 Å². The van der Waals surface area contributed by atoms with Crippen molar-refractivity contribution < 1.29 is 0 Å². The van der Waals surface area contributed by atoms with E-state index in [9.17, 15) is 0 Å². The molecule has 1 unspecified atom stereocenters. The van der Waals surface area contributed by atoms with Crippen LogP contribution < -0.4 is 5.32 Å². The van der Waals surface area contributed by atoms with Crippen molar-refractivity contribution in [1.29, 1.82) is 0 Å². The van der Waals surface area contributed by atoms with Crippen molar-refractivity contribution in [2.24, 2.45) is 4.99 Å². The Hall–Kier alpha value is -2.46. The fourth-order valence-electron chi connectivity index (χ4n) is 2.89. The summed E-state index contributed by atoms with van der Waals surface area (Å²) in [5.74, 6) is 0. The van der Waals surface area contributed by atoms with Crippen LogP contribution in [0, 0.1) is 13.8 Å². The number of aromatic amines is 1. The van der Waals surface area contributed by atoms with Crippen molar-refractivity contribution in [1.82, 2.24) is 4.98 Å². The first-order valence-electron chi connectivity index (χ1n) is 8.01. The molecule has 2 N–H and O–H groups in total. The van der Waals surface area contributed by atoms with Gasteiger partial charge in [0.2, 0.25) is 0 Å². The van der Waals surface area contributed by atoms with Crippen LogP contribution in [0.4, 0.5) is 5.69 Å². The van der Waals surface area contributed by atoms with Crippen molar-refractivity contribution >= 4 is 40.6 Å². The molecule has 0 radical (unpaired) electrons. The van der Waals surface area contributed by atoms with E-state index in [0.717, 1.165) is 5.69 Å². The summed E-state index contributed by atoms with van der Waals surface area (Å²) in [7, 11) is 0. The summed E-state index contributed by atoms with van der Waals surface area (Å²) in [6, 6.07) is 16.8. The van der Waals surface area contributed by atoms with Gasteiger partial charge in [0.25, 0.3) is 0 Å². The molecule has 3 nitrogen and oxygen atoms in total. The predicted molar refractivity (Wildman–Crippen MR) is 106 cm³/mol. The number of aliphatic imine (C=N–C) groups is 1. The monoisotopic (exact) mass is 333 g/mol. The minimum absolute atomic E-state index is 0.0319. The summed E-state index contributed by atoms with van der Waals surface area (Å²) in [4.78, 5) is 9.19. The first-order valence-corrected chi connectivity index (χ1v) is 8.89. The van der Waals surface area contributed by atoms with Crippen LogP contribution in [0.1, 0.15) is 16.8 Å². The third-order valence-corrected chi connectivity index (χ3v) is 5.11. The smallest absolute Gasteiger partial charge is 0.171 e. The lowest BCUT2D eigenvalue weighted by Gasteiger charge is -2.10. The van der Waals surface area contributed by atoms with E-state index < -0.39 is 0 Å². The van der Waals surface area contributed by atoms with Gasteiger partial charge in [-0.15, -0.1) is 0 Å². The fraction of sp³-hybridized carbons (Fsp3) is 0.150. The zero-order chi connectivity index (χ0) is 16.5. The number of H-pyrrole nitrogens is 1. The molecule has 24 heavy (non-hydrogen) atoms. The van der Waals surface area contributed by atoms with E-state index in [1.165, 1.54) is 32.6 Å². The third kappa shape index (κ3) is 2.97. The number of para-hydroxylation sites is 1. The Morgan fingerprint density at radius 3 is 2.71 bits per heavy atom. The van der Waals surface area contributed by atoms with Gasteiger partial charge in [0.1, 0.15) is 0 Å². The Bertz CT molecular complexity index is 935. The van der Waals surface area contributed by atoms with Crippen molar-refractivity contribution in [3.8, 4) is 0 Å². The van der Waals surface area contributed by atoms with E-state index in [1.54, 1.807) is 11.8 Å². The average Bonchev–Trinajstić information content (AvgIpc) is 3.15. The number of hydrogen-bond donors (Lipinski definition) is 2. The van der Waals surface area contributed by atoms with Crippen LogP contribution in [0.3, 0.4) is 0 Å². The van der Waals surface area contributed by atoms with E-state index in [1.807, 2.05) is 6.21 Å². The lowest BCUT2D eigenvalue weighted by molar-refractivity contribution is 1.08. The highest BCUT2D eigenvalue weighted by molar-refractivity contribution is 8.05. The molecule has 1 atom stereocenters. The molecule has 0 saturated heterocycles. The summed E-state index contributed by atoms with van der Waals surface area (Å²) in [5, 5.41) is 4.70. The number of benzene rings is 2. The number of anilines is 1. The highest BCUT2D eigenvalue weighted by Gasteiger charge is 2.16. The van der Waals surface area contributed by atoms with E-state index in [0.29, 0.717) is 0 Å². The summed E-state index contributed by atoms with van der Waals surface area (Å²) >= 11 is 1.74. The Balaban J connectivity index is 1.54. The maximum Gasteiger partial charge on any atom is 0.171 e. The van der Waals surface area contributed by atoms with Gasteiger partial charge in [0.15, 0.2) is 5.50 Å². The number of nitrogens with one attached hydrogen (secondary N) is 2. The second-order valence-electron chi connectivity index (χ2n) is 6.01. The first kappa shape index (κ1) is 15.1. The summed E-state index contributed by atoms with van der Waals surface area (Å²) < 4.78 is 0. The molecule has 0 fully saturated rings. The second-order valence-corrected chi connectivity index (χ2v) is 7.17. The molecule has 1 aromatic heterocycles. The number of aryl methyl sites for hydroxylation is 2. The zero-order valence-corrected chi connectivity index (χ0v) is 14.5. The van der Waals surface area contributed by atoms with Gasteiger partial charge in [-0.05, 0) is 38.1 Å². The Labute approximate surface area is 145 Å².